The molecule has 0 radical (unpaired) electrons. The third kappa shape index (κ3) is 3.40. The zero-order chi connectivity index (χ0) is 15.5. The van der Waals surface area contributed by atoms with E-state index in [9.17, 15) is 4.79 Å². The topological polar surface area (TPSA) is 58.1 Å². The number of nitrogens with zero attached hydrogens (tertiary/aromatic N) is 3. The first-order chi connectivity index (χ1) is 9.95. The van der Waals surface area contributed by atoms with Gasteiger partial charge in [0, 0.05) is 12.6 Å². The lowest BCUT2D eigenvalue weighted by molar-refractivity contribution is 0.0698. The highest BCUT2D eigenvalue weighted by Gasteiger charge is 2.38. The summed E-state index contributed by atoms with van der Waals surface area (Å²) in [6, 6.07) is 1.89. The van der Waals surface area contributed by atoms with Gasteiger partial charge in [-0.05, 0) is 37.7 Å². The molecule has 2 heterocycles. The first-order valence-electron chi connectivity index (χ1n) is 7.42. The maximum Gasteiger partial charge on any atom is 0.322 e. The number of nitrogens with one attached hydrogen (secondary N) is 1. The molecule has 0 bridgehead atoms. The Bertz CT molecular complexity index is 527. The van der Waals surface area contributed by atoms with Crippen molar-refractivity contribution in [3.05, 3.63) is 30.6 Å². The van der Waals surface area contributed by atoms with Crippen LogP contribution in [0.3, 0.4) is 0 Å². The van der Waals surface area contributed by atoms with Crippen LogP contribution in [0.15, 0.2) is 24.9 Å². The summed E-state index contributed by atoms with van der Waals surface area (Å²) in [6.07, 6.45) is 6.46. The average Bonchev–Trinajstić information content (AvgIpc) is 2.43. The molecule has 1 unspecified atom stereocenters. The summed E-state index contributed by atoms with van der Waals surface area (Å²) in [5, 5.41) is 10.7. The highest BCUT2D eigenvalue weighted by molar-refractivity contribution is 5.90. The van der Waals surface area contributed by atoms with Crippen LogP contribution in [0.4, 0.5) is 10.5 Å². The zero-order valence-electron chi connectivity index (χ0n) is 13.1. The third-order valence-electron chi connectivity index (χ3n) is 4.30. The van der Waals surface area contributed by atoms with Crippen LogP contribution in [0.25, 0.3) is 0 Å². The number of carbonyl (C=O) groups excluding carboxylic acids is 1. The molecule has 1 aliphatic rings. The molecular formula is C16H24N4O. The summed E-state index contributed by atoms with van der Waals surface area (Å²) in [5.41, 5.74) is 1.55. The molecule has 2 amide bonds. The minimum atomic E-state index is -0.0641. The Labute approximate surface area is 126 Å². The van der Waals surface area contributed by atoms with Crippen molar-refractivity contribution in [2.75, 3.05) is 11.9 Å². The lowest BCUT2D eigenvalue weighted by Gasteiger charge is -2.46. The van der Waals surface area contributed by atoms with Gasteiger partial charge in [0.1, 0.15) is 0 Å². The summed E-state index contributed by atoms with van der Waals surface area (Å²) < 4.78 is 0. The van der Waals surface area contributed by atoms with Gasteiger partial charge in [0.05, 0.1) is 17.6 Å². The molecule has 0 saturated carbocycles. The predicted molar refractivity (Wildman–Crippen MR) is 84.1 cm³/mol. The van der Waals surface area contributed by atoms with Crippen LogP contribution in [0.2, 0.25) is 0 Å². The largest absolute Gasteiger partial charge is 0.322 e. The summed E-state index contributed by atoms with van der Waals surface area (Å²) in [4.78, 5) is 14.6. The van der Waals surface area contributed by atoms with E-state index in [0.29, 0.717) is 0 Å². The molecule has 1 saturated heterocycles. The van der Waals surface area contributed by atoms with E-state index in [0.717, 1.165) is 37.2 Å². The molecule has 0 aliphatic carbocycles. The highest BCUT2D eigenvalue weighted by Crippen LogP contribution is 2.37. The minimum Gasteiger partial charge on any atom is -0.321 e. The van der Waals surface area contributed by atoms with Gasteiger partial charge in [-0.2, -0.15) is 10.2 Å². The van der Waals surface area contributed by atoms with Crippen LogP contribution in [-0.2, 0) is 0 Å². The summed E-state index contributed by atoms with van der Waals surface area (Å²) in [6.45, 7) is 10.9. The number of piperidine rings is 1. The van der Waals surface area contributed by atoms with Crippen molar-refractivity contribution in [3.63, 3.8) is 0 Å². The summed E-state index contributed by atoms with van der Waals surface area (Å²) >= 11 is 0. The second-order valence-electron chi connectivity index (χ2n) is 6.29. The molecule has 1 aromatic heterocycles. The van der Waals surface area contributed by atoms with Crippen molar-refractivity contribution >= 4 is 11.7 Å². The first kappa shape index (κ1) is 15.5. The van der Waals surface area contributed by atoms with E-state index in [1.807, 2.05) is 17.9 Å². The van der Waals surface area contributed by atoms with E-state index < -0.39 is 0 Å². The van der Waals surface area contributed by atoms with Crippen LogP contribution in [0.1, 0.15) is 38.8 Å². The fraction of sp³-hybridized carbons (Fsp3) is 0.562. The molecule has 0 spiro atoms. The van der Waals surface area contributed by atoms with Gasteiger partial charge < -0.3 is 10.2 Å². The summed E-state index contributed by atoms with van der Waals surface area (Å²) in [7, 11) is 0. The molecule has 2 rings (SSSR count). The Morgan fingerprint density at radius 1 is 1.62 bits per heavy atom. The van der Waals surface area contributed by atoms with E-state index in [1.165, 1.54) is 0 Å². The Kier molecular flexibility index (Phi) is 4.60. The first-order valence-corrected chi connectivity index (χ1v) is 7.42. The molecule has 5 heteroatoms. The van der Waals surface area contributed by atoms with E-state index in [-0.39, 0.29) is 17.5 Å². The van der Waals surface area contributed by atoms with Crippen molar-refractivity contribution in [1.82, 2.24) is 15.1 Å². The number of rotatable bonds is 3. The van der Waals surface area contributed by atoms with Crippen molar-refractivity contribution in [2.45, 2.75) is 46.1 Å². The zero-order valence-corrected chi connectivity index (χ0v) is 13.1. The molecule has 1 fully saturated rings. The molecule has 1 aliphatic heterocycles. The van der Waals surface area contributed by atoms with Gasteiger partial charge >= 0.3 is 6.03 Å². The number of aromatic nitrogens is 2. The molecule has 1 aromatic rings. The van der Waals surface area contributed by atoms with Crippen LogP contribution in [0, 0.1) is 12.3 Å². The Morgan fingerprint density at radius 3 is 3.05 bits per heavy atom. The smallest absolute Gasteiger partial charge is 0.321 e. The van der Waals surface area contributed by atoms with Crippen molar-refractivity contribution in [2.24, 2.45) is 5.41 Å². The van der Waals surface area contributed by atoms with Crippen molar-refractivity contribution < 1.29 is 4.79 Å². The molecule has 21 heavy (non-hydrogen) atoms. The van der Waals surface area contributed by atoms with Crippen molar-refractivity contribution in [1.29, 1.82) is 0 Å². The van der Waals surface area contributed by atoms with Crippen LogP contribution in [-0.4, -0.2) is 33.7 Å². The molecule has 1 N–H and O–H groups in total. The number of likely N-dealkylation sites (tertiary alicyclic amines) is 1. The number of hydrogen-bond acceptors (Lipinski definition) is 3. The second-order valence-corrected chi connectivity index (χ2v) is 6.29. The average molecular weight is 288 g/mol. The van der Waals surface area contributed by atoms with E-state index in [1.54, 1.807) is 12.3 Å². The number of amides is 2. The van der Waals surface area contributed by atoms with Gasteiger partial charge in [0.15, 0.2) is 0 Å². The second kappa shape index (κ2) is 6.24. The minimum absolute atomic E-state index is 0.0641. The SMILES string of the molecule is C=CCC1N(C(=O)Nc2ccnnc2C)CCCC1(C)C. The molecule has 1 atom stereocenters. The molecule has 0 aromatic carbocycles. The Morgan fingerprint density at radius 2 is 2.38 bits per heavy atom. The normalized spacial score (nSPS) is 20.9. The fourth-order valence-corrected chi connectivity index (χ4v) is 3.02. The Balaban J connectivity index is 2.16. The van der Waals surface area contributed by atoms with Gasteiger partial charge in [0.25, 0.3) is 0 Å². The van der Waals surface area contributed by atoms with Gasteiger partial charge in [-0.15, -0.1) is 6.58 Å². The van der Waals surface area contributed by atoms with E-state index in [4.69, 9.17) is 0 Å². The molecule has 114 valence electrons. The number of hydrogen-bond donors (Lipinski definition) is 1. The number of urea groups is 1. The van der Waals surface area contributed by atoms with Gasteiger partial charge in [-0.25, -0.2) is 4.79 Å². The standard InChI is InChI=1S/C16H24N4O/c1-5-7-14-16(3,4)9-6-11-20(14)15(21)18-13-8-10-17-19-12(13)2/h5,8,10,14H,1,6-7,9,11H2,2-4H3,(H,17,18,21). The highest BCUT2D eigenvalue weighted by atomic mass is 16.2. The van der Waals surface area contributed by atoms with Crippen LogP contribution >= 0.6 is 0 Å². The lowest BCUT2D eigenvalue weighted by atomic mass is 9.75. The third-order valence-corrected chi connectivity index (χ3v) is 4.30. The number of aryl methyl sites for hydroxylation is 1. The Hall–Kier alpha value is -1.91. The van der Waals surface area contributed by atoms with Crippen LogP contribution in [0.5, 0.6) is 0 Å². The summed E-state index contributed by atoms with van der Waals surface area (Å²) in [5.74, 6) is 0. The molecule has 5 nitrogen and oxygen atoms in total. The fourth-order valence-electron chi connectivity index (χ4n) is 3.02. The monoisotopic (exact) mass is 288 g/mol. The van der Waals surface area contributed by atoms with Crippen LogP contribution < -0.4 is 5.32 Å². The maximum atomic E-state index is 12.6. The quantitative estimate of drug-likeness (QED) is 0.867. The van der Waals surface area contributed by atoms with Gasteiger partial charge in [-0.3, -0.25) is 0 Å². The van der Waals surface area contributed by atoms with E-state index >= 15 is 0 Å². The lowest BCUT2D eigenvalue weighted by Crippen LogP contribution is -2.53. The predicted octanol–water partition coefficient (Wildman–Crippen LogP) is 3.38. The number of carbonyl (C=O) groups is 1. The number of anilines is 1. The van der Waals surface area contributed by atoms with Crippen molar-refractivity contribution in [3.8, 4) is 0 Å². The maximum absolute atomic E-state index is 12.6. The molecular weight excluding hydrogens is 264 g/mol. The van der Waals surface area contributed by atoms with Gasteiger partial charge in [-0.1, -0.05) is 19.9 Å². The van der Waals surface area contributed by atoms with Gasteiger partial charge in [0.2, 0.25) is 0 Å². The van der Waals surface area contributed by atoms with E-state index in [2.05, 4.69) is 35.9 Å².